The number of aryl methyl sites for hydroxylation is 2. The predicted molar refractivity (Wildman–Crippen MR) is 107 cm³/mol. The van der Waals surface area contributed by atoms with Gasteiger partial charge in [0.25, 0.3) is 0 Å². The molecular weight excluding hydrogens is 360 g/mol. The highest BCUT2D eigenvalue weighted by molar-refractivity contribution is 7.88. The third kappa shape index (κ3) is 4.39. The monoisotopic (exact) mass is 386 g/mol. The Morgan fingerprint density at radius 2 is 1.70 bits per heavy atom. The van der Waals surface area contributed by atoms with Gasteiger partial charge in [-0.15, -0.1) is 0 Å². The maximum absolute atomic E-state index is 13.0. The van der Waals surface area contributed by atoms with Crippen molar-refractivity contribution in [1.82, 2.24) is 9.62 Å². The summed E-state index contributed by atoms with van der Waals surface area (Å²) in [6.45, 7) is 1.93. The van der Waals surface area contributed by atoms with Crippen molar-refractivity contribution in [2.24, 2.45) is 0 Å². The summed E-state index contributed by atoms with van der Waals surface area (Å²) >= 11 is 0. The standard InChI is InChI=1S/C21H26N2O3S/c1-15(18-13-12-16-10-7-11-19(16)14-18)22-21(24)20(23(2)27(3,25)26)17-8-5-4-6-9-17/h4-6,8-9,12-15,20H,7,10-11H2,1-3H3,(H,22,24)/t15-,20-/m1/s1. The maximum atomic E-state index is 13.0. The molecule has 144 valence electrons. The van der Waals surface area contributed by atoms with Crippen LogP contribution in [-0.4, -0.2) is 31.9 Å². The van der Waals surface area contributed by atoms with Gasteiger partial charge in [0.15, 0.2) is 0 Å². The van der Waals surface area contributed by atoms with E-state index in [9.17, 15) is 13.2 Å². The highest BCUT2D eigenvalue weighted by atomic mass is 32.2. The van der Waals surface area contributed by atoms with Gasteiger partial charge in [0.1, 0.15) is 6.04 Å². The summed E-state index contributed by atoms with van der Waals surface area (Å²) in [6.07, 6.45) is 4.48. The SMILES string of the molecule is C[C@@H](NC(=O)[C@@H](c1ccccc1)N(C)S(C)(=O)=O)c1ccc2c(c1)CCC2. The van der Waals surface area contributed by atoms with E-state index in [2.05, 4.69) is 17.4 Å². The van der Waals surface area contributed by atoms with Crippen LogP contribution in [0.2, 0.25) is 0 Å². The first-order chi connectivity index (χ1) is 12.8. The third-order valence-electron chi connectivity index (χ3n) is 5.23. The van der Waals surface area contributed by atoms with Crippen LogP contribution in [0.5, 0.6) is 0 Å². The molecule has 5 nitrogen and oxygen atoms in total. The second-order valence-electron chi connectivity index (χ2n) is 7.20. The second kappa shape index (κ2) is 7.82. The number of benzene rings is 2. The molecule has 2 atom stereocenters. The molecule has 1 aliphatic rings. The number of hydrogen-bond acceptors (Lipinski definition) is 3. The lowest BCUT2D eigenvalue weighted by molar-refractivity contribution is -0.125. The van der Waals surface area contributed by atoms with E-state index in [0.717, 1.165) is 29.0 Å². The number of fused-ring (bicyclic) bond motifs is 1. The van der Waals surface area contributed by atoms with E-state index in [4.69, 9.17) is 0 Å². The summed E-state index contributed by atoms with van der Waals surface area (Å²) in [5.41, 5.74) is 4.42. The van der Waals surface area contributed by atoms with Gasteiger partial charge in [-0.3, -0.25) is 4.79 Å². The van der Waals surface area contributed by atoms with E-state index in [1.54, 1.807) is 24.3 Å². The molecule has 6 heteroatoms. The largest absolute Gasteiger partial charge is 0.348 e. The number of nitrogens with zero attached hydrogens (tertiary/aromatic N) is 1. The Hall–Kier alpha value is -2.18. The smallest absolute Gasteiger partial charge is 0.243 e. The van der Waals surface area contributed by atoms with Crippen LogP contribution >= 0.6 is 0 Å². The number of carbonyl (C=O) groups is 1. The summed E-state index contributed by atoms with van der Waals surface area (Å²) in [6, 6.07) is 14.2. The van der Waals surface area contributed by atoms with E-state index >= 15 is 0 Å². The van der Waals surface area contributed by atoms with Crippen LogP contribution in [0.15, 0.2) is 48.5 Å². The van der Waals surface area contributed by atoms with Crippen LogP contribution in [0.3, 0.4) is 0 Å². The van der Waals surface area contributed by atoms with Crippen LogP contribution in [0.1, 0.15) is 47.7 Å². The minimum Gasteiger partial charge on any atom is -0.348 e. The molecule has 1 aliphatic carbocycles. The number of amides is 1. The predicted octanol–water partition coefficient (Wildman–Crippen LogP) is 2.99. The van der Waals surface area contributed by atoms with E-state index in [1.807, 2.05) is 19.1 Å². The van der Waals surface area contributed by atoms with Gasteiger partial charge in [0.2, 0.25) is 15.9 Å². The third-order valence-corrected chi connectivity index (χ3v) is 6.49. The molecule has 0 fully saturated rings. The summed E-state index contributed by atoms with van der Waals surface area (Å²) in [4.78, 5) is 13.0. The summed E-state index contributed by atoms with van der Waals surface area (Å²) in [5, 5.41) is 2.99. The van der Waals surface area contributed by atoms with Crippen LogP contribution in [0.25, 0.3) is 0 Å². The molecule has 3 rings (SSSR count). The lowest BCUT2D eigenvalue weighted by Crippen LogP contribution is -2.42. The molecule has 0 aliphatic heterocycles. The Kier molecular flexibility index (Phi) is 5.67. The van der Waals surface area contributed by atoms with E-state index in [0.29, 0.717) is 5.56 Å². The van der Waals surface area contributed by atoms with Gasteiger partial charge < -0.3 is 5.32 Å². The molecule has 2 aromatic rings. The summed E-state index contributed by atoms with van der Waals surface area (Å²) < 4.78 is 25.3. The van der Waals surface area contributed by atoms with Gasteiger partial charge in [-0.25, -0.2) is 8.42 Å². The minimum absolute atomic E-state index is 0.206. The zero-order valence-electron chi connectivity index (χ0n) is 16.0. The van der Waals surface area contributed by atoms with Crippen molar-refractivity contribution in [3.63, 3.8) is 0 Å². The lowest BCUT2D eigenvalue weighted by Gasteiger charge is -2.27. The summed E-state index contributed by atoms with van der Waals surface area (Å²) in [5.74, 6) is -0.331. The van der Waals surface area contributed by atoms with Gasteiger partial charge in [-0.1, -0.05) is 48.5 Å². The first-order valence-electron chi connectivity index (χ1n) is 9.17. The van der Waals surface area contributed by atoms with Crippen LogP contribution in [0, 0.1) is 0 Å². The fraction of sp³-hybridized carbons (Fsp3) is 0.381. The fourth-order valence-corrected chi connectivity index (χ4v) is 4.19. The Morgan fingerprint density at radius 1 is 1.04 bits per heavy atom. The maximum Gasteiger partial charge on any atom is 0.243 e. The van der Waals surface area contributed by atoms with Crippen LogP contribution in [-0.2, 0) is 27.7 Å². The molecule has 0 unspecified atom stereocenters. The molecule has 27 heavy (non-hydrogen) atoms. The zero-order chi connectivity index (χ0) is 19.6. The average molecular weight is 387 g/mol. The molecule has 0 radical (unpaired) electrons. The molecule has 0 saturated carbocycles. The van der Waals surface area contributed by atoms with Gasteiger partial charge in [-0.05, 0) is 48.4 Å². The van der Waals surface area contributed by atoms with Crippen molar-refractivity contribution in [3.8, 4) is 0 Å². The van der Waals surface area contributed by atoms with Gasteiger partial charge >= 0.3 is 0 Å². The molecule has 0 aromatic heterocycles. The number of rotatable bonds is 6. The van der Waals surface area contributed by atoms with Crippen LogP contribution < -0.4 is 5.32 Å². The zero-order valence-corrected chi connectivity index (χ0v) is 16.8. The number of sulfonamides is 1. The molecule has 1 amide bonds. The van der Waals surface area contributed by atoms with Crippen molar-refractivity contribution in [1.29, 1.82) is 0 Å². The lowest BCUT2D eigenvalue weighted by atomic mass is 10.0. The van der Waals surface area contributed by atoms with Gasteiger partial charge in [-0.2, -0.15) is 4.31 Å². The molecule has 2 aromatic carbocycles. The highest BCUT2D eigenvalue weighted by Crippen LogP contribution is 2.27. The molecule has 1 N–H and O–H groups in total. The molecule has 0 saturated heterocycles. The minimum atomic E-state index is -3.53. The Morgan fingerprint density at radius 3 is 2.37 bits per heavy atom. The highest BCUT2D eigenvalue weighted by Gasteiger charge is 2.31. The van der Waals surface area contributed by atoms with Crippen molar-refractivity contribution in [2.75, 3.05) is 13.3 Å². The van der Waals surface area contributed by atoms with Crippen molar-refractivity contribution >= 4 is 15.9 Å². The van der Waals surface area contributed by atoms with Crippen molar-refractivity contribution < 1.29 is 13.2 Å². The number of hydrogen-bond donors (Lipinski definition) is 1. The quantitative estimate of drug-likeness (QED) is 0.830. The number of likely N-dealkylation sites (N-methyl/N-ethyl adjacent to an activating group) is 1. The Balaban J connectivity index is 1.84. The van der Waals surface area contributed by atoms with E-state index in [1.165, 1.54) is 24.6 Å². The normalized spacial score (nSPS) is 16.0. The van der Waals surface area contributed by atoms with Crippen molar-refractivity contribution in [3.05, 3.63) is 70.8 Å². The van der Waals surface area contributed by atoms with E-state index < -0.39 is 16.1 Å². The average Bonchev–Trinajstić information content (AvgIpc) is 3.09. The number of carbonyl (C=O) groups excluding carboxylic acids is 1. The van der Waals surface area contributed by atoms with Crippen LogP contribution in [0.4, 0.5) is 0 Å². The molecule has 0 bridgehead atoms. The topological polar surface area (TPSA) is 66.5 Å². The van der Waals surface area contributed by atoms with Gasteiger partial charge in [0, 0.05) is 7.05 Å². The number of nitrogens with one attached hydrogen (secondary N) is 1. The molecular formula is C21H26N2O3S. The van der Waals surface area contributed by atoms with Crippen molar-refractivity contribution in [2.45, 2.75) is 38.3 Å². The molecule has 0 spiro atoms. The summed E-state index contributed by atoms with van der Waals surface area (Å²) in [7, 11) is -2.09. The second-order valence-corrected chi connectivity index (χ2v) is 9.25. The Labute approximate surface area is 161 Å². The Bertz CT molecular complexity index is 926. The first-order valence-corrected chi connectivity index (χ1v) is 11.0. The fourth-order valence-electron chi connectivity index (χ4n) is 3.59. The first kappa shape index (κ1) is 19.6. The molecule has 0 heterocycles. The van der Waals surface area contributed by atoms with Gasteiger partial charge in [0.05, 0.1) is 12.3 Å². The van der Waals surface area contributed by atoms with E-state index in [-0.39, 0.29) is 11.9 Å².